The first-order chi connectivity index (χ1) is 9.68. The van der Waals surface area contributed by atoms with Gasteiger partial charge in [0.15, 0.2) is 0 Å². The van der Waals surface area contributed by atoms with E-state index in [0.717, 1.165) is 39.1 Å². The van der Waals surface area contributed by atoms with Crippen LogP contribution in [0.15, 0.2) is 0 Å². The molecule has 0 radical (unpaired) electrons. The second-order valence-electron chi connectivity index (χ2n) is 5.58. The maximum atomic E-state index is 5.72. The van der Waals surface area contributed by atoms with Crippen molar-refractivity contribution in [3.63, 3.8) is 0 Å². The normalized spacial score (nSPS) is 12.0. The summed E-state index contributed by atoms with van der Waals surface area (Å²) in [6, 6.07) is 0. The van der Waals surface area contributed by atoms with Crippen LogP contribution >= 0.6 is 0 Å². The van der Waals surface area contributed by atoms with Crippen LogP contribution < -0.4 is 0 Å². The molecule has 0 heterocycles. The summed E-state index contributed by atoms with van der Waals surface area (Å²) in [5.41, 5.74) is -0.0743. The van der Waals surface area contributed by atoms with E-state index >= 15 is 0 Å². The zero-order valence-electron chi connectivity index (χ0n) is 13.9. The molecule has 4 nitrogen and oxygen atoms in total. The Balaban J connectivity index is 3.89. The largest absolute Gasteiger partial charge is 0.381 e. The molecule has 122 valence electrons. The molecule has 0 aliphatic carbocycles. The monoisotopic (exact) mass is 290 g/mol. The van der Waals surface area contributed by atoms with Gasteiger partial charge in [0.2, 0.25) is 0 Å². The van der Waals surface area contributed by atoms with Crippen LogP contribution in [-0.4, -0.2) is 52.9 Å². The Bertz CT molecular complexity index is 187. The SMILES string of the molecule is CCCOCCOCC(C)(COCCC)COCCC. The highest BCUT2D eigenvalue weighted by atomic mass is 16.5. The third kappa shape index (κ3) is 11.6. The molecule has 0 aliphatic rings. The van der Waals surface area contributed by atoms with Crippen LogP contribution in [0.25, 0.3) is 0 Å². The lowest BCUT2D eigenvalue weighted by Crippen LogP contribution is -2.35. The van der Waals surface area contributed by atoms with Gasteiger partial charge in [-0.2, -0.15) is 0 Å². The van der Waals surface area contributed by atoms with Gasteiger partial charge < -0.3 is 18.9 Å². The number of hydrogen-bond donors (Lipinski definition) is 0. The van der Waals surface area contributed by atoms with Crippen LogP contribution in [0.1, 0.15) is 47.0 Å². The van der Waals surface area contributed by atoms with E-state index in [0.29, 0.717) is 33.0 Å². The first kappa shape index (κ1) is 19.8. The molecule has 4 heteroatoms. The highest BCUT2D eigenvalue weighted by Gasteiger charge is 2.25. The predicted octanol–water partition coefficient (Wildman–Crippen LogP) is 3.29. The maximum absolute atomic E-state index is 5.72. The lowest BCUT2D eigenvalue weighted by atomic mass is 9.94. The summed E-state index contributed by atoms with van der Waals surface area (Å²) < 4.78 is 22.5. The third-order valence-corrected chi connectivity index (χ3v) is 2.77. The molecule has 0 aromatic heterocycles. The van der Waals surface area contributed by atoms with Crippen molar-refractivity contribution in [1.29, 1.82) is 0 Å². The third-order valence-electron chi connectivity index (χ3n) is 2.77. The summed E-state index contributed by atoms with van der Waals surface area (Å²) in [5.74, 6) is 0. The van der Waals surface area contributed by atoms with Gasteiger partial charge in [-0.3, -0.25) is 0 Å². The van der Waals surface area contributed by atoms with Crippen molar-refractivity contribution >= 4 is 0 Å². The zero-order valence-corrected chi connectivity index (χ0v) is 13.9. The maximum Gasteiger partial charge on any atom is 0.0700 e. The van der Waals surface area contributed by atoms with Crippen LogP contribution in [0, 0.1) is 5.41 Å². The van der Waals surface area contributed by atoms with Crippen molar-refractivity contribution in [1.82, 2.24) is 0 Å². The van der Waals surface area contributed by atoms with Gasteiger partial charge in [-0.1, -0.05) is 27.7 Å². The molecule has 0 N–H and O–H groups in total. The van der Waals surface area contributed by atoms with Gasteiger partial charge in [-0.05, 0) is 19.3 Å². The molecule has 0 bridgehead atoms. The van der Waals surface area contributed by atoms with E-state index in [1.807, 2.05) is 0 Å². The standard InChI is InChI=1S/C16H34O4/c1-5-8-17-11-12-20-15-16(4,13-18-9-6-2)14-19-10-7-3/h5-15H2,1-4H3. The topological polar surface area (TPSA) is 36.9 Å². The van der Waals surface area contributed by atoms with E-state index in [-0.39, 0.29) is 5.41 Å². The second-order valence-corrected chi connectivity index (χ2v) is 5.58. The molecule has 0 aromatic rings. The Hall–Kier alpha value is -0.160. The van der Waals surface area contributed by atoms with Crippen LogP contribution in [0.3, 0.4) is 0 Å². The lowest BCUT2D eigenvalue weighted by Gasteiger charge is -2.29. The van der Waals surface area contributed by atoms with Crippen molar-refractivity contribution in [3.05, 3.63) is 0 Å². The molecule has 0 fully saturated rings. The van der Waals surface area contributed by atoms with E-state index < -0.39 is 0 Å². The Morgan fingerprint density at radius 2 is 0.900 bits per heavy atom. The first-order valence-electron chi connectivity index (χ1n) is 7.99. The summed E-state index contributed by atoms with van der Waals surface area (Å²) in [6.45, 7) is 14.2. The molecule has 0 spiro atoms. The highest BCUT2D eigenvalue weighted by Crippen LogP contribution is 2.18. The van der Waals surface area contributed by atoms with Crippen molar-refractivity contribution in [3.8, 4) is 0 Å². The Morgan fingerprint density at radius 1 is 0.550 bits per heavy atom. The van der Waals surface area contributed by atoms with Crippen molar-refractivity contribution in [2.45, 2.75) is 47.0 Å². The van der Waals surface area contributed by atoms with E-state index in [9.17, 15) is 0 Å². The summed E-state index contributed by atoms with van der Waals surface area (Å²) in [6.07, 6.45) is 3.13. The quantitative estimate of drug-likeness (QED) is 0.434. The molecule has 0 aromatic carbocycles. The second kappa shape index (κ2) is 13.8. The van der Waals surface area contributed by atoms with E-state index in [4.69, 9.17) is 18.9 Å². The predicted molar refractivity (Wildman–Crippen MR) is 82.3 cm³/mol. The fourth-order valence-electron chi connectivity index (χ4n) is 1.73. The van der Waals surface area contributed by atoms with Crippen LogP contribution in [0.2, 0.25) is 0 Å². The first-order valence-corrected chi connectivity index (χ1v) is 7.99. The van der Waals surface area contributed by atoms with Crippen molar-refractivity contribution in [2.75, 3.05) is 52.9 Å². The Morgan fingerprint density at radius 3 is 1.35 bits per heavy atom. The minimum Gasteiger partial charge on any atom is -0.381 e. The zero-order chi connectivity index (χ0) is 15.1. The van der Waals surface area contributed by atoms with Crippen LogP contribution in [-0.2, 0) is 18.9 Å². The highest BCUT2D eigenvalue weighted by molar-refractivity contribution is 4.73. The summed E-state index contributed by atoms with van der Waals surface area (Å²) >= 11 is 0. The molecule has 0 aliphatic heterocycles. The van der Waals surface area contributed by atoms with Gasteiger partial charge in [0.1, 0.15) is 0 Å². The summed E-state index contributed by atoms with van der Waals surface area (Å²) in [7, 11) is 0. The van der Waals surface area contributed by atoms with Gasteiger partial charge in [-0.25, -0.2) is 0 Å². The average Bonchev–Trinajstić information content (AvgIpc) is 2.43. The molecule has 0 amide bonds. The molecule has 0 atom stereocenters. The number of hydrogen-bond acceptors (Lipinski definition) is 4. The van der Waals surface area contributed by atoms with Gasteiger partial charge in [0.25, 0.3) is 0 Å². The van der Waals surface area contributed by atoms with E-state index in [1.165, 1.54) is 0 Å². The summed E-state index contributed by atoms with van der Waals surface area (Å²) in [4.78, 5) is 0. The van der Waals surface area contributed by atoms with E-state index in [2.05, 4.69) is 27.7 Å². The van der Waals surface area contributed by atoms with Gasteiger partial charge in [0, 0.05) is 25.2 Å². The smallest absolute Gasteiger partial charge is 0.0700 e. The minimum absolute atomic E-state index is 0.0743. The molecular formula is C16H34O4. The Labute approximate surface area is 125 Å². The summed E-state index contributed by atoms with van der Waals surface area (Å²) in [5, 5.41) is 0. The Kier molecular flexibility index (Phi) is 13.7. The van der Waals surface area contributed by atoms with Crippen molar-refractivity contribution in [2.24, 2.45) is 5.41 Å². The molecular weight excluding hydrogens is 256 g/mol. The van der Waals surface area contributed by atoms with Gasteiger partial charge >= 0.3 is 0 Å². The molecule has 0 rings (SSSR count). The van der Waals surface area contributed by atoms with Gasteiger partial charge in [0.05, 0.1) is 33.0 Å². The van der Waals surface area contributed by atoms with E-state index in [1.54, 1.807) is 0 Å². The van der Waals surface area contributed by atoms with Crippen LogP contribution in [0.4, 0.5) is 0 Å². The number of ether oxygens (including phenoxy) is 4. The minimum atomic E-state index is -0.0743. The molecule has 0 unspecified atom stereocenters. The average molecular weight is 290 g/mol. The van der Waals surface area contributed by atoms with Crippen molar-refractivity contribution < 1.29 is 18.9 Å². The van der Waals surface area contributed by atoms with Crippen LogP contribution in [0.5, 0.6) is 0 Å². The molecule has 20 heavy (non-hydrogen) atoms. The molecule has 0 saturated heterocycles. The number of rotatable bonds is 15. The van der Waals surface area contributed by atoms with Gasteiger partial charge in [-0.15, -0.1) is 0 Å². The lowest BCUT2D eigenvalue weighted by molar-refractivity contribution is -0.0674. The fraction of sp³-hybridized carbons (Fsp3) is 1.00. The fourth-order valence-corrected chi connectivity index (χ4v) is 1.73. The molecule has 0 saturated carbocycles.